The summed E-state index contributed by atoms with van der Waals surface area (Å²) in [6.45, 7) is -0.204. The average molecular weight is 249 g/mol. The standard InChI is InChI=1S/C11H14F3NO2/c1-10(7-16,15-6-11(12,13)14)8-2-4-9(17)5-3-8/h2-5,15-17H,6-7H2,1H3. The number of aromatic hydroxyl groups is 1. The Morgan fingerprint density at radius 2 is 1.71 bits per heavy atom. The zero-order chi connectivity index (χ0) is 13.1. The number of nitrogens with one attached hydrogen (secondary N) is 1. The molecule has 3 N–H and O–H groups in total. The van der Waals surface area contributed by atoms with E-state index in [1.54, 1.807) is 0 Å². The second kappa shape index (κ2) is 4.93. The van der Waals surface area contributed by atoms with Gasteiger partial charge in [0.15, 0.2) is 0 Å². The molecule has 1 aromatic carbocycles. The molecule has 0 radical (unpaired) electrons. The topological polar surface area (TPSA) is 52.5 Å². The van der Waals surface area contributed by atoms with Gasteiger partial charge < -0.3 is 10.2 Å². The van der Waals surface area contributed by atoms with Crippen molar-refractivity contribution < 1.29 is 23.4 Å². The minimum atomic E-state index is -4.34. The summed E-state index contributed by atoms with van der Waals surface area (Å²) >= 11 is 0. The van der Waals surface area contributed by atoms with E-state index in [0.717, 1.165) is 0 Å². The van der Waals surface area contributed by atoms with Gasteiger partial charge in [0.1, 0.15) is 5.75 Å². The molecule has 1 atom stereocenters. The molecule has 0 aliphatic carbocycles. The first kappa shape index (κ1) is 13.8. The Balaban J connectivity index is 2.84. The number of benzene rings is 1. The lowest BCUT2D eigenvalue weighted by molar-refractivity contribution is -0.129. The van der Waals surface area contributed by atoms with E-state index in [0.29, 0.717) is 5.56 Å². The summed E-state index contributed by atoms with van der Waals surface area (Å²) in [5, 5.41) is 20.6. The maximum absolute atomic E-state index is 12.1. The van der Waals surface area contributed by atoms with E-state index >= 15 is 0 Å². The molecule has 1 unspecified atom stereocenters. The molecule has 0 aliphatic heterocycles. The summed E-state index contributed by atoms with van der Waals surface area (Å²) in [5.74, 6) is 0.0184. The highest BCUT2D eigenvalue weighted by molar-refractivity contribution is 5.30. The summed E-state index contributed by atoms with van der Waals surface area (Å²) in [7, 11) is 0. The smallest absolute Gasteiger partial charge is 0.401 e. The first-order valence-corrected chi connectivity index (χ1v) is 4.99. The van der Waals surface area contributed by atoms with E-state index < -0.39 is 24.9 Å². The van der Waals surface area contributed by atoms with Gasteiger partial charge in [-0.15, -0.1) is 0 Å². The number of aliphatic hydroxyl groups excluding tert-OH is 1. The van der Waals surface area contributed by atoms with E-state index in [1.807, 2.05) is 0 Å². The van der Waals surface area contributed by atoms with Gasteiger partial charge >= 0.3 is 6.18 Å². The zero-order valence-electron chi connectivity index (χ0n) is 9.25. The molecule has 6 heteroatoms. The molecule has 0 spiro atoms. The van der Waals surface area contributed by atoms with Crippen molar-refractivity contribution in [1.29, 1.82) is 0 Å². The lowest BCUT2D eigenvalue weighted by Gasteiger charge is -2.30. The summed E-state index contributed by atoms with van der Waals surface area (Å²) in [6.07, 6.45) is -4.34. The second-order valence-electron chi connectivity index (χ2n) is 4.01. The molecule has 0 aromatic heterocycles. The van der Waals surface area contributed by atoms with Crippen LogP contribution < -0.4 is 5.32 Å². The number of halogens is 3. The van der Waals surface area contributed by atoms with Gasteiger partial charge in [0.05, 0.1) is 18.7 Å². The third-order valence-electron chi connectivity index (χ3n) is 2.50. The summed E-state index contributed by atoms with van der Waals surface area (Å²) in [5.41, 5.74) is -0.717. The molecular weight excluding hydrogens is 235 g/mol. The highest BCUT2D eigenvalue weighted by atomic mass is 19.4. The quantitative estimate of drug-likeness (QED) is 0.762. The molecule has 0 fully saturated rings. The van der Waals surface area contributed by atoms with Crippen molar-refractivity contribution in [2.24, 2.45) is 0 Å². The molecule has 0 saturated carbocycles. The maximum atomic E-state index is 12.1. The Labute approximate surface area is 96.9 Å². The van der Waals surface area contributed by atoms with Gasteiger partial charge in [-0.2, -0.15) is 13.2 Å². The number of rotatable bonds is 4. The summed E-state index contributed by atoms with van der Waals surface area (Å²) in [4.78, 5) is 0. The van der Waals surface area contributed by atoms with Crippen molar-refractivity contribution >= 4 is 0 Å². The Morgan fingerprint density at radius 1 is 1.18 bits per heavy atom. The number of hydrogen-bond donors (Lipinski definition) is 3. The summed E-state index contributed by atoms with van der Waals surface area (Å²) in [6, 6.07) is 5.65. The largest absolute Gasteiger partial charge is 0.508 e. The van der Waals surface area contributed by atoms with E-state index in [9.17, 15) is 18.3 Å². The van der Waals surface area contributed by atoms with Crippen LogP contribution in [0.2, 0.25) is 0 Å². The van der Waals surface area contributed by atoms with Crippen molar-refractivity contribution in [2.75, 3.05) is 13.2 Å². The number of phenolic OH excluding ortho intramolecular Hbond substituents is 1. The molecule has 96 valence electrons. The van der Waals surface area contributed by atoms with Gasteiger partial charge in [-0.25, -0.2) is 0 Å². The van der Waals surface area contributed by atoms with Crippen molar-refractivity contribution in [3.63, 3.8) is 0 Å². The molecule has 0 amide bonds. The van der Waals surface area contributed by atoms with Crippen molar-refractivity contribution in [1.82, 2.24) is 5.32 Å². The molecule has 0 heterocycles. The monoisotopic (exact) mass is 249 g/mol. The third kappa shape index (κ3) is 3.90. The molecule has 3 nitrogen and oxygen atoms in total. The van der Waals surface area contributed by atoms with Crippen LogP contribution in [-0.4, -0.2) is 29.5 Å². The van der Waals surface area contributed by atoms with Crippen LogP contribution in [0.25, 0.3) is 0 Å². The Kier molecular flexibility index (Phi) is 4.00. The van der Waals surface area contributed by atoms with Crippen LogP contribution >= 0.6 is 0 Å². The van der Waals surface area contributed by atoms with E-state index in [1.165, 1.54) is 31.2 Å². The predicted octanol–water partition coefficient (Wildman–Crippen LogP) is 1.75. The first-order valence-electron chi connectivity index (χ1n) is 4.99. The van der Waals surface area contributed by atoms with Crippen molar-refractivity contribution in [3.8, 4) is 5.75 Å². The van der Waals surface area contributed by atoms with Crippen LogP contribution in [0.3, 0.4) is 0 Å². The Morgan fingerprint density at radius 3 is 2.12 bits per heavy atom. The number of alkyl halides is 3. The molecular formula is C11H14F3NO2. The van der Waals surface area contributed by atoms with Gasteiger partial charge in [-0.05, 0) is 24.6 Å². The van der Waals surface area contributed by atoms with Crippen LogP contribution in [0.15, 0.2) is 24.3 Å². The molecule has 0 aliphatic rings. The normalized spacial score (nSPS) is 15.6. The highest BCUT2D eigenvalue weighted by Crippen LogP contribution is 2.24. The average Bonchev–Trinajstić information content (AvgIpc) is 2.26. The molecule has 1 aromatic rings. The van der Waals surface area contributed by atoms with E-state index in [2.05, 4.69) is 5.32 Å². The van der Waals surface area contributed by atoms with Crippen LogP contribution in [-0.2, 0) is 5.54 Å². The fourth-order valence-corrected chi connectivity index (χ4v) is 1.37. The van der Waals surface area contributed by atoms with Crippen LogP contribution in [0.4, 0.5) is 13.2 Å². The summed E-state index contributed by atoms with van der Waals surface area (Å²) < 4.78 is 36.4. The Bertz CT molecular complexity index is 364. The van der Waals surface area contributed by atoms with E-state index in [4.69, 9.17) is 5.11 Å². The van der Waals surface area contributed by atoms with Crippen LogP contribution in [0.5, 0.6) is 5.75 Å². The SMILES string of the molecule is CC(CO)(NCC(F)(F)F)c1ccc(O)cc1. The first-order chi connectivity index (χ1) is 7.77. The zero-order valence-corrected chi connectivity index (χ0v) is 9.25. The van der Waals surface area contributed by atoms with Crippen LogP contribution in [0.1, 0.15) is 12.5 Å². The van der Waals surface area contributed by atoms with Gasteiger partial charge in [-0.3, -0.25) is 5.32 Å². The molecule has 17 heavy (non-hydrogen) atoms. The maximum Gasteiger partial charge on any atom is 0.401 e. The van der Waals surface area contributed by atoms with E-state index in [-0.39, 0.29) is 5.75 Å². The minimum absolute atomic E-state index is 0.0184. The molecule has 1 rings (SSSR count). The highest BCUT2D eigenvalue weighted by Gasteiger charge is 2.33. The predicted molar refractivity (Wildman–Crippen MR) is 56.6 cm³/mol. The van der Waals surface area contributed by atoms with Crippen molar-refractivity contribution in [2.45, 2.75) is 18.6 Å². The molecule has 0 bridgehead atoms. The molecule has 0 saturated heterocycles. The van der Waals surface area contributed by atoms with Gasteiger partial charge in [0.2, 0.25) is 0 Å². The number of phenols is 1. The van der Waals surface area contributed by atoms with Crippen LogP contribution in [0, 0.1) is 0 Å². The van der Waals surface area contributed by atoms with Crippen molar-refractivity contribution in [3.05, 3.63) is 29.8 Å². The second-order valence-corrected chi connectivity index (χ2v) is 4.01. The fourth-order valence-electron chi connectivity index (χ4n) is 1.37. The number of hydrogen-bond acceptors (Lipinski definition) is 3. The van der Waals surface area contributed by atoms with Gasteiger partial charge in [0.25, 0.3) is 0 Å². The van der Waals surface area contributed by atoms with Gasteiger partial charge in [0, 0.05) is 0 Å². The third-order valence-corrected chi connectivity index (χ3v) is 2.50. The number of aliphatic hydroxyl groups is 1. The minimum Gasteiger partial charge on any atom is -0.508 e. The van der Waals surface area contributed by atoms with Gasteiger partial charge in [-0.1, -0.05) is 12.1 Å². The lowest BCUT2D eigenvalue weighted by Crippen LogP contribution is -2.47. The Hall–Kier alpha value is -1.27. The fraction of sp³-hybridized carbons (Fsp3) is 0.455. The lowest BCUT2D eigenvalue weighted by atomic mass is 9.93.